The van der Waals surface area contributed by atoms with Crippen molar-refractivity contribution in [3.05, 3.63) is 106 Å². The van der Waals surface area contributed by atoms with E-state index in [1.54, 1.807) is 12.1 Å². The van der Waals surface area contributed by atoms with Gasteiger partial charge in [0, 0.05) is 12.1 Å². The fraction of sp³-hybridized carbons (Fsp3) is 0.185. The van der Waals surface area contributed by atoms with Crippen molar-refractivity contribution in [2.75, 3.05) is 6.54 Å². The molecule has 1 aliphatic heterocycles. The second kappa shape index (κ2) is 8.71. The number of Topliss-reactive ketones (excluding diaryl/α,β-unsaturated/α-hetero) is 1. The Morgan fingerprint density at radius 1 is 0.938 bits per heavy atom. The summed E-state index contributed by atoms with van der Waals surface area (Å²) in [6.07, 6.45) is 0.575. The zero-order valence-electron chi connectivity index (χ0n) is 18.1. The van der Waals surface area contributed by atoms with Crippen molar-refractivity contribution in [3.8, 4) is 5.75 Å². The van der Waals surface area contributed by atoms with Crippen molar-refractivity contribution in [3.63, 3.8) is 0 Å². The number of aliphatic hydroxyl groups is 1. The van der Waals surface area contributed by atoms with Crippen molar-refractivity contribution in [2.45, 2.75) is 26.3 Å². The lowest BCUT2D eigenvalue weighted by molar-refractivity contribution is -0.139. The minimum absolute atomic E-state index is 0.0717. The Labute approximate surface area is 187 Å². The third-order valence-corrected chi connectivity index (χ3v) is 5.88. The molecule has 0 bridgehead atoms. The highest BCUT2D eigenvalue weighted by Crippen LogP contribution is 2.40. The fourth-order valence-corrected chi connectivity index (χ4v) is 4.14. The van der Waals surface area contributed by atoms with E-state index in [4.69, 9.17) is 0 Å². The van der Waals surface area contributed by atoms with Crippen molar-refractivity contribution in [1.82, 2.24) is 4.90 Å². The molecule has 5 nitrogen and oxygen atoms in total. The van der Waals surface area contributed by atoms with E-state index in [9.17, 15) is 19.8 Å². The number of rotatable bonds is 5. The zero-order valence-corrected chi connectivity index (χ0v) is 18.1. The molecule has 2 N–H and O–H groups in total. The molecule has 0 spiro atoms. The van der Waals surface area contributed by atoms with E-state index in [0.29, 0.717) is 24.1 Å². The molecular weight excluding hydrogens is 402 g/mol. The molecule has 5 heteroatoms. The lowest BCUT2D eigenvalue weighted by Crippen LogP contribution is -2.31. The third-order valence-electron chi connectivity index (χ3n) is 5.88. The van der Waals surface area contributed by atoms with Crippen molar-refractivity contribution >= 4 is 17.4 Å². The number of carbonyl (C=O) groups excluding carboxylic acids is 2. The van der Waals surface area contributed by atoms with Crippen LogP contribution in [0.4, 0.5) is 0 Å². The molecule has 3 aromatic carbocycles. The van der Waals surface area contributed by atoms with Gasteiger partial charge in [-0.1, -0.05) is 60.2 Å². The van der Waals surface area contributed by atoms with Gasteiger partial charge in [-0.2, -0.15) is 0 Å². The highest BCUT2D eigenvalue weighted by molar-refractivity contribution is 6.46. The van der Waals surface area contributed by atoms with Crippen molar-refractivity contribution in [1.29, 1.82) is 0 Å². The van der Waals surface area contributed by atoms with Crippen LogP contribution in [-0.2, 0) is 16.0 Å². The topological polar surface area (TPSA) is 77.8 Å². The molecule has 4 rings (SSSR count). The van der Waals surface area contributed by atoms with E-state index in [0.717, 1.165) is 16.7 Å². The SMILES string of the molecule is Cc1ccc(C)c(C(O)=C2C(=O)C(=O)N(CCc3ccccc3)[C@@H]2c2ccc(O)cc2)c1. The summed E-state index contributed by atoms with van der Waals surface area (Å²) >= 11 is 0. The van der Waals surface area contributed by atoms with Crippen LogP contribution in [0.25, 0.3) is 5.76 Å². The molecule has 1 saturated heterocycles. The monoisotopic (exact) mass is 427 g/mol. The van der Waals surface area contributed by atoms with Gasteiger partial charge >= 0.3 is 0 Å². The average molecular weight is 428 g/mol. The molecule has 1 heterocycles. The zero-order chi connectivity index (χ0) is 22.8. The van der Waals surface area contributed by atoms with Crippen LogP contribution in [0.1, 0.15) is 33.9 Å². The summed E-state index contributed by atoms with van der Waals surface area (Å²) in [5, 5.41) is 21.0. The smallest absolute Gasteiger partial charge is 0.295 e. The van der Waals surface area contributed by atoms with E-state index >= 15 is 0 Å². The van der Waals surface area contributed by atoms with Crippen LogP contribution in [-0.4, -0.2) is 33.3 Å². The lowest BCUT2D eigenvalue weighted by Gasteiger charge is -2.25. The van der Waals surface area contributed by atoms with Gasteiger partial charge in [0.05, 0.1) is 11.6 Å². The van der Waals surface area contributed by atoms with Gasteiger partial charge < -0.3 is 15.1 Å². The molecule has 0 aliphatic carbocycles. The largest absolute Gasteiger partial charge is 0.508 e. The van der Waals surface area contributed by atoms with Gasteiger partial charge in [-0.3, -0.25) is 9.59 Å². The van der Waals surface area contributed by atoms with Gasteiger partial charge in [-0.15, -0.1) is 0 Å². The lowest BCUT2D eigenvalue weighted by atomic mass is 9.93. The molecular formula is C27H25NO4. The van der Waals surface area contributed by atoms with Gasteiger partial charge in [0.25, 0.3) is 11.7 Å². The number of aliphatic hydroxyl groups excluding tert-OH is 1. The highest BCUT2D eigenvalue weighted by Gasteiger charge is 2.45. The van der Waals surface area contributed by atoms with Gasteiger partial charge in [0.1, 0.15) is 11.5 Å². The van der Waals surface area contributed by atoms with Crippen LogP contribution in [0.2, 0.25) is 0 Å². The predicted molar refractivity (Wildman–Crippen MR) is 123 cm³/mol. The molecule has 0 radical (unpaired) electrons. The summed E-state index contributed by atoms with van der Waals surface area (Å²) in [7, 11) is 0. The number of aromatic hydroxyl groups is 1. The number of carbonyl (C=O) groups is 2. The molecule has 1 atom stereocenters. The first-order valence-corrected chi connectivity index (χ1v) is 10.6. The van der Waals surface area contributed by atoms with Crippen LogP contribution in [0, 0.1) is 13.8 Å². The number of likely N-dealkylation sites (tertiary alicyclic amines) is 1. The maximum Gasteiger partial charge on any atom is 0.295 e. The summed E-state index contributed by atoms with van der Waals surface area (Å²) in [5.41, 5.74) is 4.07. The fourth-order valence-electron chi connectivity index (χ4n) is 4.14. The Morgan fingerprint density at radius 2 is 1.62 bits per heavy atom. The Kier molecular flexibility index (Phi) is 5.82. The summed E-state index contributed by atoms with van der Waals surface area (Å²) in [5.74, 6) is -1.42. The number of phenolic OH excluding ortho intramolecular Hbond substituents is 1. The molecule has 1 aliphatic rings. The van der Waals surface area contributed by atoms with E-state index in [1.165, 1.54) is 17.0 Å². The Hall–Kier alpha value is -3.86. The van der Waals surface area contributed by atoms with Crippen LogP contribution in [0.5, 0.6) is 5.75 Å². The van der Waals surface area contributed by atoms with E-state index in [2.05, 4.69) is 0 Å². The minimum Gasteiger partial charge on any atom is -0.508 e. The van der Waals surface area contributed by atoms with Crippen LogP contribution in [0.15, 0.2) is 78.4 Å². The predicted octanol–water partition coefficient (Wildman–Crippen LogP) is 4.67. The van der Waals surface area contributed by atoms with E-state index < -0.39 is 17.7 Å². The van der Waals surface area contributed by atoms with Gasteiger partial charge in [-0.05, 0) is 55.2 Å². The van der Waals surface area contributed by atoms with Crippen molar-refractivity contribution in [2.24, 2.45) is 0 Å². The molecule has 32 heavy (non-hydrogen) atoms. The molecule has 1 fully saturated rings. The summed E-state index contributed by atoms with van der Waals surface area (Å²) in [6.45, 7) is 4.09. The standard InChI is InChI=1S/C27H25NO4/c1-17-8-9-18(2)22(16-17)25(30)23-24(20-10-12-21(29)13-11-20)28(27(32)26(23)31)15-14-19-6-4-3-5-7-19/h3-13,16,24,29-30H,14-15H2,1-2H3/t24-/m1/s1. The quantitative estimate of drug-likeness (QED) is 0.352. The molecule has 3 aromatic rings. The van der Waals surface area contributed by atoms with E-state index in [-0.39, 0.29) is 17.1 Å². The highest BCUT2D eigenvalue weighted by atomic mass is 16.3. The summed E-state index contributed by atoms with van der Waals surface area (Å²) in [4.78, 5) is 27.7. The second-order valence-electron chi connectivity index (χ2n) is 8.14. The number of benzene rings is 3. The Bertz CT molecular complexity index is 1200. The number of hydrogen-bond donors (Lipinski definition) is 2. The van der Waals surface area contributed by atoms with Crippen LogP contribution < -0.4 is 0 Å². The maximum atomic E-state index is 13.1. The molecule has 1 amide bonds. The maximum absolute atomic E-state index is 13.1. The van der Waals surface area contributed by atoms with E-state index in [1.807, 2.05) is 62.4 Å². The summed E-state index contributed by atoms with van der Waals surface area (Å²) < 4.78 is 0. The minimum atomic E-state index is -0.737. The first-order chi connectivity index (χ1) is 15.4. The number of phenols is 1. The number of aryl methyl sites for hydroxylation is 2. The number of amides is 1. The Balaban J connectivity index is 1.82. The van der Waals surface area contributed by atoms with Gasteiger partial charge in [0.2, 0.25) is 0 Å². The molecule has 162 valence electrons. The molecule has 0 unspecified atom stereocenters. The first kappa shape index (κ1) is 21.4. The Morgan fingerprint density at radius 3 is 2.31 bits per heavy atom. The third kappa shape index (κ3) is 4.02. The number of nitrogens with zero attached hydrogens (tertiary/aromatic N) is 1. The van der Waals surface area contributed by atoms with Gasteiger partial charge in [0.15, 0.2) is 0 Å². The summed E-state index contributed by atoms with van der Waals surface area (Å²) in [6, 6.07) is 21.0. The van der Waals surface area contributed by atoms with Crippen LogP contribution >= 0.6 is 0 Å². The molecule has 0 saturated carbocycles. The second-order valence-corrected chi connectivity index (χ2v) is 8.14. The number of ketones is 1. The van der Waals surface area contributed by atoms with Crippen molar-refractivity contribution < 1.29 is 19.8 Å². The van der Waals surface area contributed by atoms with Gasteiger partial charge in [-0.25, -0.2) is 0 Å². The van der Waals surface area contributed by atoms with Crippen LogP contribution in [0.3, 0.4) is 0 Å². The first-order valence-electron chi connectivity index (χ1n) is 10.6. The molecule has 0 aromatic heterocycles. The normalized spacial score (nSPS) is 17.7. The average Bonchev–Trinajstić information content (AvgIpc) is 3.05. The number of hydrogen-bond acceptors (Lipinski definition) is 4.